The third-order valence-electron chi connectivity index (χ3n) is 3.21. The van der Waals surface area contributed by atoms with E-state index in [2.05, 4.69) is 11.9 Å². The molecule has 0 aliphatic carbocycles. The summed E-state index contributed by atoms with van der Waals surface area (Å²) in [5, 5.41) is 11.3. The summed E-state index contributed by atoms with van der Waals surface area (Å²) in [6.45, 7) is 10.4. The van der Waals surface area contributed by atoms with E-state index in [0.717, 1.165) is 0 Å². The Morgan fingerprint density at radius 1 is 1.19 bits per heavy atom. The van der Waals surface area contributed by atoms with Crippen LogP contribution in [0.3, 0.4) is 0 Å². The third-order valence-corrected chi connectivity index (χ3v) is 3.21. The molecule has 92 valence electrons. The summed E-state index contributed by atoms with van der Waals surface area (Å²) in [5.41, 5.74) is -0.379. The van der Waals surface area contributed by atoms with Gasteiger partial charge in [0, 0.05) is 6.54 Å². The first-order chi connectivity index (χ1) is 7.21. The summed E-state index contributed by atoms with van der Waals surface area (Å²) in [7, 11) is 0. The van der Waals surface area contributed by atoms with Gasteiger partial charge in [-0.2, -0.15) is 0 Å². The maximum atomic E-state index is 11.9. The molecule has 0 fully saturated rings. The average molecular weight is 228 g/mol. The molecule has 0 saturated heterocycles. The predicted molar refractivity (Wildman–Crippen MR) is 60.7 cm³/mol. The van der Waals surface area contributed by atoms with Crippen LogP contribution in [0.4, 0.5) is 0 Å². The first kappa shape index (κ1) is 14.6. The highest BCUT2D eigenvalue weighted by Crippen LogP contribution is 2.38. The maximum absolute atomic E-state index is 11.9. The van der Waals surface area contributed by atoms with Crippen molar-refractivity contribution in [1.29, 1.82) is 0 Å². The summed E-state index contributed by atoms with van der Waals surface area (Å²) in [4.78, 5) is 23.4. The Balaban J connectivity index is 4.94. The Labute approximate surface area is 95.9 Å². The Morgan fingerprint density at radius 3 is 2.00 bits per heavy atom. The largest absolute Gasteiger partial charge is 0.352 e. The fourth-order valence-corrected chi connectivity index (χ4v) is 1.09. The molecular formula is C11H20N2O3. The molecule has 0 bridgehead atoms. The molecule has 0 heterocycles. The first-order valence-electron chi connectivity index (χ1n) is 5.05. The fraction of sp³-hybridized carbons (Fsp3) is 0.636. The molecule has 0 spiro atoms. The van der Waals surface area contributed by atoms with E-state index < -0.39 is 16.7 Å². The SMILES string of the molecule is C=CCNC(=O)C(C)(C)C(C)(C)C(=O)NO. The van der Waals surface area contributed by atoms with Crippen molar-refractivity contribution < 1.29 is 14.8 Å². The van der Waals surface area contributed by atoms with Crippen LogP contribution in [-0.2, 0) is 9.59 Å². The van der Waals surface area contributed by atoms with E-state index in [4.69, 9.17) is 5.21 Å². The molecular weight excluding hydrogens is 208 g/mol. The van der Waals surface area contributed by atoms with E-state index in [1.165, 1.54) is 0 Å². The van der Waals surface area contributed by atoms with Crippen molar-refractivity contribution >= 4 is 11.8 Å². The number of nitrogens with one attached hydrogen (secondary N) is 2. The normalized spacial score (nSPS) is 11.8. The summed E-state index contributed by atoms with van der Waals surface area (Å²) in [6.07, 6.45) is 1.56. The highest BCUT2D eigenvalue weighted by molar-refractivity contribution is 5.92. The Hall–Kier alpha value is -1.36. The van der Waals surface area contributed by atoms with Crippen LogP contribution in [0.2, 0.25) is 0 Å². The second-order valence-electron chi connectivity index (χ2n) is 4.69. The number of hydrogen-bond donors (Lipinski definition) is 3. The number of carbonyl (C=O) groups excluding carboxylic acids is 2. The first-order valence-corrected chi connectivity index (χ1v) is 5.05. The Kier molecular flexibility index (Phi) is 4.68. The Morgan fingerprint density at radius 2 is 1.62 bits per heavy atom. The molecule has 5 nitrogen and oxygen atoms in total. The molecule has 0 aliphatic rings. The molecule has 2 amide bonds. The van der Waals surface area contributed by atoms with Crippen LogP contribution in [0, 0.1) is 10.8 Å². The van der Waals surface area contributed by atoms with Crippen molar-refractivity contribution in [1.82, 2.24) is 10.8 Å². The molecule has 0 aromatic carbocycles. The average Bonchev–Trinajstić information content (AvgIpc) is 2.23. The minimum Gasteiger partial charge on any atom is -0.352 e. The zero-order valence-corrected chi connectivity index (χ0v) is 10.3. The predicted octanol–water partition coefficient (Wildman–Crippen LogP) is 0.846. The van der Waals surface area contributed by atoms with Crippen LogP contribution in [-0.4, -0.2) is 23.6 Å². The maximum Gasteiger partial charge on any atom is 0.250 e. The molecule has 0 aliphatic heterocycles. The van der Waals surface area contributed by atoms with Crippen molar-refractivity contribution in [2.24, 2.45) is 10.8 Å². The van der Waals surface area contributed by atoms with E-state index in [1.807, 2.05) is 0 Å². The van der Waals surface area contributed by atoms with Crippen LogP contribution < -0.4 is 10.8 Å². The fourth-order valence-electron chi connectivity index (χ4n) is 1.09. The van der Waals surface area contributed by atoms with Gasteiger partial charge in [0.05, 0.1) is 10.8 Å². The monoisotopic (exact) mass is 228 g/mol. The molecule has 3 N–H and O–H groups in total. The van der Waals surface area contributed by atoms with Gasteiger partial charge in [-0.25, -0.2) is 5.48 Å². The number of rotatable bonds is 5. The standard InChI is InChI=1S/C11H20N2O3/c1-6-7-12-8(14)10(2,3)11(4,5)9(15)13-16/h6,16H,1,7H2,2-5H3,(H,12,14)(H,13,15). The lowest BCUT2D eigenvalue weighted by atomic mass is 9.66. The van der Waals surface area contributed by atoms with Crippen LogP contribution in [0.25, 0.3) is 0 Å². The molecule has 0 radical (unpaired) electrons. The van der Waals surface area contributed by atoms with Gasteiger partial charge >= 0.3 is 0 Å². The van der Waals surface area contributed by atoms with Crippen molar-refractivity contribution in [2.45, 2.75) is 27.7 Å². The van der Waals surface area contributed by atoms with Gasteiger partial charge in [0.1, 0.15) is 0 Å². The van der Waals surface area contributed by atoms with Gasteiger partial charge in [-0.3, -0.25) is 14.8 Å². The third kappa shape index (κ3) is 2.61. The minimum atomic E-state index is -1.02. The van der Waals surface area contributed by atoms with Gasteiger partial charge in [-0.05, 0) is 13.8 Å². The van der Waals surface area contributed by atoms with Gasteiger partial charge in [0.2, 0.25) is 11.8 Å². The molecule has 0 rings (SSSR count). The quantitative estimate of drug-likeness (QED) is 0.371. The second-order valence-corrected chi connectivity index (χ2v) is 4.69. The van der Waals surface area contributed by atoms with Crippen molar-refractivity contribution in [2.75, 3.05) is 6.54 Å². The van der Waals surface area contributed by atoms with E-state index in [0.29, 0.717) is 6.54 Å². The Bertz CT molecular complexity index is 296. The minimum absolute atomic E-state index is 0.263. The molecule has 0 aromatic rings. The van der Waals surface area contributed by atoms with Crippen molar-refractivity contribution in [3.8, 4) is 0 Å². The van der Waals surface area contributed by atoms with Crippen LogP contribution >= 0.6 is 0 Å². The lowest BCUT2D eigenvalue weighted by Crippen LogP contribution is -2.52. The van der Waals surface area contributed by atoms with E-state index in [-0.39, 0.29) is 5.91 Å². The van der Waals surface area contributed by atoms with Crippen molar-refractivity contribution in [3.63, 3.8) is 0 Å². The summed E-state index contributed by atoms with van der Waals surface area (Å²) in [5.74, 6) is -0.854. The number of carbonyl (C=O) groups is 2. The highest BCUT2D eigenvalue weighted by atomic mass is 16.5. The van der Waals surface area contributed by atoms with Gasteiger partial charge < -0.3 is 5.32 Å². The van der Waals surface area contributed by atoms with E-state index in [1.54, 1.807) is 39.3 Å². The number of hydrogen-bond acceptors (Lipinski definition) is 3. The molecule has 0 unspecified atom stereocenters. The molecule has 16 heavy (non-hydrogen) atoms. The molecule has 0 saturated carbocycles. The van der Waals surface area contributed by atoms with Crippen LogP contribution in [0.5, 0.6) is 0 Å². The number of amides is 2. The van der Waals surface area contributed by atoms with Gasteiger partial charge in [0.25, 0.3) is 0 Å². The zero-order chi connectivity index (χ0) is 13.0. The molecule has 0 atom stereocenters. The summed E-state index contributed by atoms with van der Waals surface area (Å²) in [6, 6.07) is 0. The number of hydroxylamine groups is 1. The zero-order valence-electron chi connectivity index (χ0n) is 10.3. The van der Waals surface area contributed by atoms with Gasteiger partial charge in [-0.15, -0.1) is 6.58 Å². The lowest BCUT2D eigenvalue weighted by Gasteiger charge is -2.37. The lowest BCUT2D eigenvalue weighted by molar-refractivity contribution is -0.152. The second kappa shape index (κ2) is 5.12. The van der Waals surface area contributed by atoms with Crippen LogP contribution in [0.1, 0.15) is 27.7 Å². The molecule has 5 heteroatoms. The van der Waals surface area contributed by atoms with Gasteiger partial charge in [-0.1, -0.05) is 19.9 Å². The summed E-state index contributed by atoms with van der Waals surface area (Å²) < 4.78 is 0. The topological polar surface area (TPSA) is 78.4 Å². The molecule has 0 aromatic heterocycles. The van der Waals surface area contributed by atoms with E-state index in [9.17, 15) is 9.59 Å². The van der Waals surface area contributed by atoms with Crippen molar-refractivity contribution in [3.05, 3.63) is 12.7 Å². The van der Waals surface area contributed by atoms with Crippen LogP contribution in [0.15, 0.2) is 12.7 Å². The van der Waals surface area contributed by atoms with Gasteiger partial charge in [0.15, 0.2) is 0 Å². The highest BCUT2D eigenvalue weighted by Gasteiger charge is 2.48. The summed E-state index contributed by atoms with van der Waals surface area (Å²) >= 11 is 0. The smallest absolute Gasteiger partial charge is 0.250 e. The van der Waals surface area contributed by atoms with E-state index >= 15 is 0 Å².